The largest absolute Gasteiger partial charge is 0.481 e. The van der Waals surface area contributed by atoms with Crippen molar-refractivity contribution in [3.8, 4) is 0 Å². The molecule has 2 heterocycles. The van der Waals surface area contributed by atoms with Crippen molar-refractivity contribution in [2.45, 2.75) is 32.7 Å². The van der Waals surface area contributed by atoms with Crippen LogP contribution in [-0.4, -0.2) is 39.5 Å². The first-order valence-corrected chi connectivity index (χ1v) is 8.22. The Hall–Kier alpha value is -2.30. The summed E-state index contributed by atoms with van der Waals surface area (Å²) < 4.78 is 2.06. The van der Waals surface area contributed by atoms with Crippen LogP contribution in [0.15, 0.2) is 30.3 Å². The molecule has 1 aromatic heterocycles. The van der Waals surface area contributed by atoms with Crippen molar-refractivity contribution < 1.29 is 14.7 Å². The number of hydrogen-bond donors (Lipinski definition) is 1. The minimum atomic E-state index is -0.809. The fraction of sp³-hybridized carbons (Fsp3) is 0.444. The predicted molar refractivity (Wildman–Crippen MR) is 88.5 cm³/mol. The highest BCUT2D eigenvalue weighted by molar-refractivity contribution is 5.99. The van der Waals surface area contributed by atoms with Crippen molar-refractivity contribution in [3.05, 3.63) is 36.0 Å². The number of aryl methyl sites for hydroxylation is 1. The quantitative estimate of drug-likeness (QED) is 0.943. The van der Waals surface area contributed by atoms with Crippen LogP contribution in [0.2, 0.25) is 0 Å². The molecule has 1 aliphatic heterocycles. The van der Waals surface area contributed by atoms with Crippen LogP contribution in [0.3, 0.4) is 0 Å². The molecule has 0 aliphatic carbocycles. The standard InChI is InChI=1S/C18H22N2O3/c1-2-9-20-15-8-4-3-6-13(15)11-16(20)17(21)19-10-5-7-14(12-19)18(22)23/h3-4,6,8,11,14H,2,5,7,9-10,12H2,1H3,(H,22,23)/t14-/m0/s1. The van der Waals surface area contributed by atoms with Gasteiger partial charge in [0.05, 0.1) is 5.92 Å². The van der Waals surface area contributed by atoms with Crippen molar-refractivity contribution in [1.29, 1.82) is 0 Å². The van der Waals surface area contributed by atoms with Crippen molar-refractivity contribution in [1.82, 2.24) is 9.47 Å². The lowest BCUT2D eigenvalue weighted by atomic mass is 9.98. The number of carboxylic acid groups (broad SMARTS) is 1. The summed E-state index contributed by atoms with van der Waals surface area (Å²) in [4.78, 5) is 25.9. The van der Waals surface area contributed by atoms with Crippen molar-refractivity contribution in [3.63, 3.8) is 0 Å². The van der Waals surface area contributed by atoms with Gasteiger partial charge in [-0.05, 0) is 31.4 Å². The number of piperidine rings is 1. The van der Waals surface area contributed by atoms with Crippen LogP contribution in [0, 0.1) is 5.92 Å². The Morgan fingerprint density at radius 1 is 1.30 bits per heavy atom. The fourth-order valence-corrected chi connectivity index (χ4v) is 3.38. The summed E-state index contributed by atoms with van der Waals surface area (Å²) in [7, 11) is 0. The lowest BCUT2D eigenvalue weighted by Gasteiger charge is -2.31. The second-order valence-corrected chi connectivity index (χ2v) is 6.17. The van der Waals surface area contributed by atoms with E-state index in [4.69, 9.17) is 0 Å². The summed E-state index contributed by atoms with van der Waals surface area (Å²) in [5, 5.41) is 10.3. The van der Waals surface area contributed by atoms with Gasteiger partial charge < -0.3 is 14.6 Å². The number of aliphatic carboxylic acids is 1. The second kappa shape index (κ2) is 6.44. The average molecular weight is 314 g/mol. The number of amides is 1. The molecule has 1 N–H and O–H groups in total. The smallest absolute Gasteiger partial charge is 0.308 e. The zero-order valence-electron chi connectivity index (χ0n) is 13.4. The number of benzene rings is 1. The number of likely N-dealkylation sites (tertiary alicyclic amines) is 1. The van der Waals surface area contributed by atoms with E-state index in [2.05, 4.69) is 11.5 Å². The van der Waals surface area contributed by atoms with E-state index < -0.39 is 11.9 Å². The van der Waals surface area contributed by atoms with E-state index in [9.17, 15) is 14.7 Å². The third-order valence-electron chi connectivity index (χ3n) is 4.53. The van der Waals surface area contributed by atoms with Gasteiger partial charge in [0, 0.05) is 30.5 Å². The van der Waals surface area contributed by atoms with E-state index in [0.717, 1.165) is 30.3 Å². The number of carbonyl (C=O) groups excluding carboxylic acids is 1. The van der Waals surface area contributed by atoms with Crippen LogP contribution >= 0.6 is 0 Å². The van der Waals surface area contributed by atoms with Gasteiger partial charge in [0.15, 0.2) is 0 Å². The number of carbonyl (C=O) groups is 2. The molecule has 0 unspecified atom stereocenters. The van der Waals surface area contributed by atoms with Gasteiger partial charge in [0.25, 0.3) is 5.91 Å². The SMILES string of the molecule is CCCn1c(C(=O)N2CCC[C@H](C(=O)O)C2)cc2ccccc21. The zero-order valence-corrected chi connectivity index (χ0v) is 13.4. The second-order valence-electron chi connectivity index (χ2n) is 6.17. The highest BCUT2D eigenvalue weighted by Crippen LogP contribution is 2.24. The Morgan fingerprint density at radius 2 is 2.09 bits per heavy atom. The van der Waals surface area contributed by atoms with E-state index in [0.29, 0.717) is 25.2 Å². The minimum Gasteiger partial charge on any atom is -0.481 e. The van der Waals surface area contributed by atoms with E-state index in [1.807, 2.05) is 30.3 Å². The molecule has 1 fully saturated rings. The first kappa shape index (κ1) is 15.6. The maximum atomic E-state index is 12.9. The third kappa shape index (κ3) is 2.96. The minimum absolute atomic E-state index is 0.0550. The molecule has 1 aromatic carbocycles. The molecule has 5 heteroatoms. The first-order chi connectivity index (χ1) is 11.1. The highest BCUT2D eigenvalue weighted by atomic mass is 16.4. The van der Waals surface area contributed by atoms with Gasteiger partial charge in [0.1, 0.15) is 5.69 Å². The summed E-state index contributed by atoms with van der Waals surface area (Å²) in [6.07, 6.45) is 2.34. The molecule has 0 saturated carbocycles. The number of fused-ring (bicyclic) bond motifs is 1. The van der Waals surface area contributed by atoms with Gasteiger partial charge in [-0.3, -0.25) is 9.59 Å². The molecule has 122 valence electrons. The molecule has 3 rings (SSSR count). The van der Waals surface area contributed by atoms with Crippen LogP contribution in [0.25, 0.3) is 10.9 Å². The first-order valence-electron chi connectivity index (χ1n) is 8.22. The summed E-state index contributed by atoms with van der Waals surface area (Å²) in [5.74, 6) is -1.31. The highest BCUT2D eigenvalue weighted by Gasteiger charge is 2.30. The summed E-state index contributed by atoms with van der Waals surface area (Å²) >= 11 is 0. The van der Waals surface area contributed by atoms with Crippen LogP contribution in [0.5, 0.6) is 0 Å². The van der Waals surface area contributed by atoms with E-state index in [1.54, 1.807) is 4.90 Å². The van der Waals surface area contributed by atoms with Gasteiger partial charge >= 0.3 is 5.97 Å². The molecule has 0 spiro atoms. The Bertz CT molecular complexity index is 735. The molecule has 1 aliphatic rings. The Morgan fingerprint density at radius 3 is 2.83 bits per heavy atom. The van der Waals surface area contributed by atoms with Gasteiger partial charge in [-0.2, -0.15) is 0 Å². The summed E-state index contributed by atoms with van der Waals surface area (Å²) in [6, 6.07) is 9.91. The molecule has 1 saturated heterocycles. The number of para-hydroxylation sites is 1. The molecule has 1 atom stereocenters. The lowest BCUT2D eigenvalue weighted by molar-refractivity contribution is -0.143. The molecule has 0 bridgehead atoms. The number of nitrogens with zero attached hydrogens (tertiary/aromatic N) is 2. The van der Waals surface area contributed by atoms with Crippen LogP contribution in [-0.2, 0) is 11.3 Å². The maximum Gasteiger partial charge on any atom is 0.308 e. The van der Waals surface area contributed by atoms with Crippen molar-refractivity contribution in [2.24, 2.45) is 5.92 Å². The molecule has 2 aromatic rings. The maximum absolute atomic E-state index is 12.9. The molecule has 5 nitrogen and oxygen atoms in total. The Kier molecular flexibility index (Phi) is 4.37. The molecular weight excluding hydrogens is 292 g/mol. The predicted octanol–water partition coefficient (Wildman–Crippen LogP) is 2.99. The lowest BCUT2D eigenvalue weighted by Crippen LogP contribution is -2.42. The van der Waals surface area contributed by atoms with E-state index in [1.165, 1.54) is 0 Å². The van der Waals surface area contributed by atoms with Gasteiger partial charge in [-0.1, -0.05) is 25.1 Å². The van der Waals surface area contributed by atoms with Crippen LogP contribution < -0.4 is 0 Å². The molecule has 23 heavy (non-hydrogen) atoms. The summed E-state index contributed by atoms with van der Waals surface area (Å²) in [6.45, 7) is 3.81. The number of aromatic nitrogens is 1. The third-order valence-corrected chi connectivity index (χ3v) is 4.53. The normalized spacial score (nSPS) is 18.3. The molecule has 1 amide bonds. The summed E-state index contributed by atoms with van der Waals surface area (Å²) in [5.41, 5.74) is 1.73. The monoisotopic (exact) mass is 314 g/mol. The molecular formula is C18H22N2O3. The van der Waals surface area contributed by atoms with Crippen LogP contribution in [0.4, 0.5) is 0 Å². The van der Waals surface area contributed by atoms with Gasteiger partial charge in [-0.15, -0.1) is 0 Å². The van der Waals surface area contributed by atoms with E-state index >= 15 is 0 Å². The Labute approximate surface area is 135 Å². The van der Waals surface area contributed by atoms with E-state index in [-0.39, 0.29) is 5.91 Å². The molecule has 0 radical (unpaired) electrons. The van der Waals surface area contributed by atoms with Gasteiger partial charge in [-0.25, -0.2) is 0 Å². The number of rotatable bonds is 4. The zero-order chi connectivity index (χ0) is 16.4. The number of carboxylic acids is 1. The Balaban J connectivity index is 1.94. The van der Waals surface area contributed by atoms with Crippen molar-refractivity contribution in [2.75, 3.05) is 13.1 Å². The van der Waals surface area contributed by atoms with Crippen molar-refractivity contribution >= 4 is 22.8 Å². The number of hydrogen-bond acceptors (Lipinski definition) is 2. The van der Waals surface area contributed by atoms with Crippen LogP contribution in [0.1, 0.15) is 36.7 Å². The average Bonchev–Trinajstić information content (AvgIpc) is 2.93. The van der Waals surface area contributed by atoms with Gasteiger partial charge in [0.2, 0.25) is 0 Å². The fourth-order valence-electron chi connectivity index (χ4n) is 3.38. The topological polar surface area (TPSA) is 62.5 Å².